The number of carbonyl (C=O) groups excluding carboxylic acids is 1. The smallest absolute Gasteiger partial charge is 0.407 e. The molecule has 2 aliphatic heterocycles. The fourth-order valence-electron chi connectivity index (χ4n) is 4.75. The first-order valence-corrected chi connectivity index (χ1v) is 12.0. The lowest BCUT2D eigenvalue weighted by atomic mass is 10.0. The Kier molecular flexibility index (Phi) is 5.48. The van der Waals surface area contributed by atoms with Crippen molar-refractivity contribution >= 4 is 53.0 Å². The van der Waals surface area contributed by atoms with Gasteiger partial charge in [-0.15, -0.1) is 5.10 Å². The number of anilines is 5. The maximum atomic E-state index is 11.7. The molecular weight excluding hydrogens is 474 g/mol. The largest absolute Gasteiger partial charge is 0.442 e. The minimum atomic E-state index is -0.389. The van der Waals surface area contributed by atoms with Gasteiger partial charge < -0.3 is 25.6 Å². The number of hydrogen-bond acceptors (Lipinski definition) is 10. The number of alkyl carbamates (subject to hydrolysis) is 1. The van der Waals surface area contributed by atoms with E-state index in [9.17, 15) is 10.1 Å². The van der Waals surface area contributed by atoms with Crippen molar-refractivity contribution in [3.63, 3.8) is 0 Å². The molecule has 6 rings (SSSR count). The third-order valence-corrected chi connectivity index (χ3v) is 6.76. The fraction of sp³-hybridized carbons (Fsp3) is 0.333. The van der Waals surface area contributed by atoms with Gasteiger partial charge in [0.05, 0.1) is 42.8 Å². The topological polar surface area (TPSA) is 171 Å². The van der Waals surface area contributed by atoms with Crippen molar-refractivity contribution in [1.82, 2.24) is 19.9 Å². The number of fused-ring (bicyclic) bond motifs is 2. The van der Waals surface area contributed by atoms with E-state index in [-0.39, 0.29) is 18.2 Å². The summed E-state index contributed by atoms with van der Waals surface area (Å²) in [5.41, 5.74) is 3.86. The van der Waals surface area contributed by atoms with Gasteiger partial charge in [-0.2, -0.15) is 9.78 Å². The number of piperidine rings is 1. The van der Waals surface area contributed by atoms with E-state index >= 15 is 0 Å². The molecule has 1 aliphatic carbocycles. The van der Waals surface area contributed by atoms with Gasteiger partial charge in [0, 0.05) is 30.0 Å². The molecule has 188 valence electrons. The maximum Gasteiger partial charge on any atom is 0.407 e. The molecule has 1 saturated carbocycles. The predicted octanol–water partition coefficient (Wildman–Crippen LogP) is 2.63. The summed E-state index contributed by atoms with van der Waals surface area (Å²) >= 11 is 0. The van der Waals surface area contributed by atoms with E-state index in [1.165, 1.54) is 15.6 Å². The molecule has 2 saturated heterocycles. The number of aromatic nitrogens is 3. The lowest BCUT2D eigenvalue weighted by Gasteiger charge is -2.35. The van der Waals surface area contributed by atoms with Crippen LogP contribution in [0.15, 0.2) is 30.5 Å². The molecule has 4 heterocycles. The van der Waals surface area contributed by atoms with Crippen LogP contribution in [0.5, 0.6) is 0 Å². The summed E-state index contributed by atoms with van der Waals surface area (Å²) in [6.07, 6.45) is 5.92. The van der Waals surface area contributed by atoms with Crippen LogP contribution in [0.1, 0.15) is 25.0 Å². The van der Waals surface area contributed by atoms with E-state index in [0.29, 0.717) is 47.7 Å². The van der Waals surface area contributed by atoms with Crippen molar-refractivity contribution in [2.24, 2.45) is 0 Å². The summed E-state index contributed by atoms with van der Waals surface area (Å²) in [5.74, 6) is 0.511. The molecule has 13 heteroatoms. The lowest BCUT2D eigenvalue weighted by molar-refractivity contribution is 0.127. The second kappa shape index (κ2) is 8.98. The van der Waals surface area contributed by atoms with Crippen LogP contribution < -0.4 is 25.8 Å². The van der Waals surface area contributed by atoms with Crippen LogP contribution in [-0.4, -0.2) is 64.6 Å². The van der Waals surface area contributed by atoms with Gasteiger partial charge in [-0.25, -0.2) is 9.78 Å². The highest BCUT2D eigenvalue weighted by Gasteiger charge is 2.38. The molecule has 2 atom stereocenters. The standard InChI is InChI=1S/C24H25N11O2/c25-9-18-10-28-23-20(29-14-1-2-14)8-22(32-35(18)23)30-15-5-16(7-17(6-15)34(12-26)13-27)33-4-3-19-21(11-33)37-24(36)31-19/h5-8,10,12-14,19,21,26-27,29H,1-4,11H2,(H,30,32)(H,31,36). The van der Waals surface area contributed by atoms with E-state index < -0.39 is 0 Å². The molecule has 0 radical (unpaired) electrons. The van der Waals surface area contributed by atoms with Crippen LogP contribution in [0.4, 0.5) is 33.4 Å². The molecule has 3 aromatic rings. The minimum Gasteiger partial charge on any atom is -0.442 e. The van der Waals surface area contributed by atoms with Crippen LogP contribution in [-0.2, 0) is 4.74 Å². The molecule has 37 heavy (non-hydrogen) atoms. The van der Waals surface area contributed by atoms with Crippen molar-refractivity contribution < 1.29 is 9.53 Å². The highest BCUT2D eigenvalue weighted by molar-refractivity contribution is 5.99. The Hall–Kier alpha value is -4.86. The Morgan fingerprint density at radius 3 is 2.81 bits per heavy atom. The molecule has 5 N–H and O–H groups in total. The van der Waals surface area contributed by atoms with Crippen molar-refractivity contribution in [2.75, 3.05) is 33.5 Å². The minimum absolute atomic E-state index is 0.00185. The van der Waals surface area contributed by atoms with Gasteiger partial charge in [0.15, 0.2) is 17.2 Å². The summed E-state index contributed by atoms with van der Waals surface area (Å²) in [4.78, 5) is 19.6. The predicted molar refractivity (Wildman–Crippen MR) is 138 cm³/mol. The Bertz CT molecular complexity index is 1430. The molecule has 2 unspecified atom stereocenters. The Balaban J connectivity index is 1.36. The quantitative estimate of drug-likeness (QED) is 0.231. The number of nitrogens with zero attached hydrogens (tertiary/aromatic N) is 6. The zero-order chi connectivity index (χ0) is 25.5. The first-order chi connectivity index (χ1) is 18.0. The van der Waals surface area contributed by atoms with E-state index in [1.54, 1.807) is 0 Å². The number of rotatable bonds is 8. The van der Waals surface area contributed by atoms with Crippen LogP contribution in [0.3, 0.4) is 0 Å². The average molecular weight is 500 g/mol. The van der Waals surface area contributed by atoms with E-state index in [2.05, 4.69) is 37.0 Å². The SMILES string of the molecule is N#Cc1cnc2c(NC3CC3)cc(Nc3cc(N(C=N)C=N)cc(N4CCC5NC(=O)OC5C4)c3)nn12. The number of benzene rings is 1. The first-order valence-electron chi connectivity index (χ1n) is 12.0. The van der Waals surface area contributed by atoms with Gasteiger partial charge in [-0.1, -0.05) is 0 Å². The van der Waals surface area contributed by atoms with Crippen LogP contribution >= 0.6 is 0 Å². The summed E-state index contributed by atoms with van der Waals surface area (Å²) in [6, 6.07) is 10.1. The number of imidazole rings is 1. The molecule has 3 aliphatic rings. The molecular formula is C24H25N11O2. The van der Waals surface area contributed by atoms with Gasteiger partial charge in [-0.3, -0.25) is 15.7 Å². The number of hydrogen-bond donors (Lipinski definition) is 5. The normalized spacial score (nSPS) is 20.4. The zero-order valence-electron chi connectivity index (χ0n) is 19.8. The highest BCUT2D eigenvalue weighted by atomic mass is 16.6. The van der Waals surface area contributed by atoms with Crippen LogP contribution in [0.25, 0.3) is 5.65 Å². The molecule has 13 nitrogen and oxygen atoms in total. The van der Waals surface area contributed by atoms with Gasteiger partial charge in [0.1, 0.15) is 12.2 Å². The summed E-state index contributed by atoms with van der Waals surface area (Å²) in [5, 5.41) is 39.2. The summed E-state index contributed by atoms with van der Waals surface area (Å²) in [6.45, 7) is 1.24. The van der Waals surface area contributed by atoms with Crippen molar-refractivity contribution in [3.05, 3.63) is 36.2 Å². The van der Waals surface area contributed by atoms with Gasteiger partial charge >= 0.3 is 6.09 Å². The molecule has 1 amide bonds. The van der Waals surface area contributed by atoms with Crippen molar-refractivity contribution in [2.45, 2.75) is 37.5 Å². The number of amides is 1. The number of ether oxygens (including phenoxy) is 1. The van der Waals surface area contributed by atoms with Crippen molar-refractivity contribution in [1.29, 1.82) is 16.1 Å². The third-order valence-electron chi connectivity index (χ3n) is 6.76. The van der Waals surface area contributed by atoms with Gasteiger partial charge in [0.2, 0.25) is 0 Å². The lowest BCUT2D eigenvalue weighted by Crippen LogP contribution is -2.48. The number of carbonyl (C=O) groups is 1. The second-order valence-corrected chi connectivity index (χ2v) is 9.31. The van der Waals surface area contributed by atoms with Gasteiger partial charge in [-0.05, 0) is 37.5 Å². The van der Waals surface area contributed by atoms with Crippen LogP contribution in [0, 0.1) is 22.1 Å². The van der Waals surface area contributed by atoms with E-state index in [0.717, 1.165) is 43.3 Å². The Morgan fingerprint density at radius 2 is 2.05 bits per heavy atom. The first kappa shape index (κ1) is 22.6. The van der Waals surface area contributed by atoms with E-state index in [4.69, 9.17) is 15.6 Å². The fourth-order valence-corrected chi connectivity index (χ4v) is 4.75. The summed E-state index contributed by atoms with van der Waals surface area (Å²) in [7, 11) is 0. The van der Waals surface area contributed by atoms with Crippen molar-refractivity contribution in [3.8, 4) is 6.07 Å². The highest BCUT2D eigenvalue weighted by Crippen LogP contribution is 2.33. The second-order valence-electron chi connectivity index (χ2n) is 9.31. The molecule has 0 spiro atoms. The van der Waals surface area contributed by atoms with Gasteiger partial charge in [0.25, 0.3) is 0 Å². The molecule has 0 bridgehead atoms. The maximum absolute atomic E-state index is 11.7. The third kappa shape index (κ3) is 4.33. The summed E-state index contributed by atoms with van der Waals surface area (Å²) < 4.78 is 6.95. The molecule has 1 aromatic carbocycles. The molecule has 2 aromatic heterocycles. The molecule has 3 fully saturated rings. The Labute approximate surface area is 212 Å². The van der Waals surface area contributed by atoms with E-state index in [1.807, 2.05) is 24.3 Å². The van der Waals surface area contributed by atoms with Crippen LogP contribution in [0.2, 0.25) is 0 Å². The number of nitriles is 1. The monoisotopic (exact) mass is 499 g/mol. The zero-order valence-corrected chi connectivity index (χ0v) is 19.8. The Morgan fingerprint density at radius 1 is 1.22 bits per heavy atom. The average Bonchev–Trinajstić information content (AvgIpc) is 3.48. The number of nitrogens with one attached hydrogen (secondary N) is 5.